The van der Waals surface area contributed by atoms with Gasteiger partial charge in [0.2, 0.25) is 0 Å². The molecule has 1 N–H and O–H groups in total. The molecular formula is C19H21BrN4O3. The SMILES string of the molecule is COc1cc(Br)c(CCNC(=O)c2cnn3c(C)cc(C)nc23)cc1OC. The van der Waals surface area contributed by atoms with Gasteiger partial charge in [0.1, 0.15) is 5.56 Å². The molecule has 0 bridgehead atoms. The Morgan fingerprint density at radius 3 is 2.59 bits per heavy atom. The minimum absolute atomic E-state index is 0.195. The van der Waals surface area contributed by atoms with Crippen molar-refractivity contribution in [2.75, 3.05) is 20.8 Å². The molecule has 2 heterocycles. The molecule has 0 unspecified atom stereocenters. The maximum Gasteiger partial charge on any atom is 0.256 e. The summed E-state index contributed by atoms with van der Waals surface area (Å²) in [5.41, 5.74) is 3.83. The van der Waals surface area contributed by atoms with Crippen molar-refractivity contribution < 1.29 is 14.3 Å². The third-order valence-electron chi connectivity index (χ3n) is 4.26. The average molecular weight is 433 g/mol. The lowest BCUT2D eigenvalue weighted by Crippen LogP contribution is -2.25. The molecule has 2 aromatic heterocycles. The number of nitrogens with one attached hydrogen (secondary N) is 1. The first-order valence-corrected chi connectivity index (χ1v) is 9.24. The molecule has 27 heavy (non-hydrogen) atoms. The van der Waals surface area contributed by atoms with Crippen LogP contribution in [0.25, 0.3) is 5.65 Å². The van der Waals surface area contributed by atoms with Crippen LogP contribution in [0.15, 0.2) is 28.9 Å². The van der Waals surface area contributed by atoms with Crippen LogP contribution in [0.3, 0.4) is 0 Å². The number of halogens is 1. The fourth-order valence-electron chi connectivity index (χ4n) is 2.92. The Kier molecular flexibility index (Phi) is 5.65. The second-order valence-corrected chi connectivity index (χ2v) is 6.99. The van der Waals surface area contributed by atoms with E-state index >= 15 is 0 Å². The van der Waals surface area contributed by atoms with Gasteiger partial charge in [0.25, 0.3) is 5.91 Å². The predicted molar refractivity (Wildman–Crippen MR) is 106 cm³/mol. The third kappa shape index (κ3) is 3.90. The molecule has 7 nitrogen and oxygen atoms in total. The molecule has 3 rings (SSSR count). The van der Waals surface area contributed by atoms with E-state index < -0.39 is 0 Å². The Labute approximate surface area is 165 Å². The van der Waals surface area contributed by atoms with Gasteiger partial charge < -0.3 is 14.8 Å². The quantitative estimate of drug-likeness (QED) is 0.647. The number of hydrogen-bond acceptors (Lipinski definition) is 5. The molecule has 1 amide bonds. The van der Waals surface area contributed by atoms with Crippen LogP contribution < -0.4 is 14.8 Å². The molecule has 0 saturated heterocycles. The predicted octanol–water partition coefficient (Wildman–Crippen LogP) is 3.10. The molecule has 8 heteroatoms. The number of carbonyl (C=O) groups is 1. The first-order chi connectivity index (χ1) is 12.9. The number of fused-ring (bicyclic) bond motifs is 1. The number of nitrogens with zero attached hydrogens (tertiary/aromatic N) is 3. The minimum Gasteiger partial charge on any atom is -0.493 e. The van der Waals surface area contributed by atoms with E-state index in [-0.39, 0.29) is 5.91 Å². The minimum atomic E-state index is -0.195. The second-order valence-electron chi connectivity index (χ2n) is 6.14. The van der Waals surface area contributed by atoms with Crippen molar-refractivity contribution in [3.05, 3.63) is 51.4 Å². The van der Waals surface area contributed by atoms with Crippen LogP contribution in [0, 0.1) is 13.8 Å². The molecular weight excluding hydrogens is 412 g/mol. The van der Waals surface area contributed by atoms with Crippen LogP contribution >= 0.6 is 15.9 Å². The summed E-state index contributed by atoms with van der Waals surface area (Å²) in [5, 5.41) is 7.19. The number of ether oxygens (including phenoxy) is 2. The van der Waals surface area contributed by atoms with Crippen LogP contribution in [0.4, 0.5) is 0 Å². The Bertz CT molecular complexity index is 1000. The van der Waals surface area contributed by atoms with E-state index in [1.807, 2.05) is 32.0 Å². The highest BCUT2D eigenvalue weighted by Gasteiger charge is 2.16. The van der Waals surface area contributed by atoms with Gasteiger partial charge in [-0.2, -0.15) is 5.10 Å². The summed E-state index contributed by atoms with van der Waals surface area (Å²) < 4.78 is 13.2. The Morgan fingerprint density at radius 1 is 1.19 bits per heavy atom. The number of amides is 1. The Hall–Kier alpha value is -2.61. The summed E-state index contributed by atoms with van der Waals surface area (Å²) in [5.74, 6) is 1.11. The smallest absolute Gasteiger partial charge is 0.256 e. The van der Waals surface area contributed by atoms with Gasteiger partial charge in [0.05, 0.1) is 20.4 Å². The molecule has 0 aliphatic carbocycles. The lowest BCUT2D eigenvalue weighted by atomic mass is 10.1. The summed E-state index contributed by atoms with van der Waals surface area (Å²) in [4.78, 5) is 17.0. The average Bonchev–Trinajstić information content (AvgIpc) is 3.06. The number of rotatable bonds is 6. The second kappa shape index (κ2) is 7.96. The van der Waals surface area contributed by atoms with Crippen LogP contribution in [0.1, 0.15) is 27.3 Å². The summed E-state index contributed by atoms with van der Waals surface area (Å²) >= 11 is 3.53. The van der Waals surface area contributed by atoms with Crippen LogP contribution in [0.5, 0.6) is 11.5 Å². The Balaban J connectivity index is 1.72. The molecule has 0 spiro atoms. The van der Waals surface area contributed by atoms with Crippen molar-refractivity contribution in [1.82, 2.24) is 19.9 Å². The number of carbonyl (C=O) groups excluding carboxylic acids is 1. The van der Waals surface area contributed by atoms with Gasteiger partial charge in [-0.15, -0.1) is 0 Å². The summed E-state index contributed by atoms with van der Waals surface area (Å²) in [6.07, 6.45) is 2.19. The number of aryl methyl sites for hydroxylation is 2. The summed E-state index contributed by atoms with van der Waals surface area (Å²) in [7, 11) is 3.19. The van der Waals surface area contributed by atoms with Gasteiger partial charge in [-0.05, 0) is 44.0 Å². The molecule has 0 aliphatic rings. The molecule has 0 radical (unpaired) electrons. The van der Waals surface area contributed by atoms with Crippen molar-refractivity contribution >= 4 is 27.5 Å². The summed E-state index contributed by atoms with van der Waals surface area (Å²) in [6.45, 7) is 4.30. The molecule has 0 atom stereocenters. The van der Waals surface area contributed by atoms with Gasteiger partial charge >= 0.3 is 0 Å². The van der Waals surface area contributed by atoms with Gasteiger partial charge in [-0.1, -0.05) is 15.9 Å². The number of hydrogen-bond donors (Lipinski definition) is 1. The first-order valence-electron chi connectivity index (χ1n) is 8.45. The van der Waals surface area contributed by atoms with Crippen molar-refractivity contribution in [2.24, 2.45) is 0 Å². The van der Waals surface area contributed by atoms with E-state index in [9.17, 15) is 4.79 Å². The lowest BCUT2D eigenvalue weighted by molar-refractivity contribution is 0.0955. The van der Waals surface area contributed by atoms with E-state index in [0.29, 0.717) is 35.7 Å². The van der Waals surface area contributed by atoms with Crippen LogP contribution in [-0.4, -0.2) is 41.3 Å². The zero-order chi connectivity index (χ0) is 19.6. The topological polar surface area (TPSA) is 77.8 Å². The van der Waals surface area contributed by atoms with Crippen molar-refractivity contribution in [3.63, 3.8) is 0 Å². The van der Waals surface area contributed by atoms with Gasteiger partial charge in [0.15, 0.2) is 17.1 Å². The molecule has 0 saturated carbocycles. The zero-order valence-corrected chi connectivity index (χ0v) is 17.3. The number of benzene rings is 1. The molecule has 3 aromatic rings. The molecule has 0 fully saturated rings. The molecule has 0 aliphatic heterocycles. The zero-order valence-electron chi connectivity index (χ0n) is 15.7. The van der Waals surface area contributed by atoms with Gasteiger partial charge in [-0.25, -0.2) is 9.50 Å². The monoisotopic (exact) mass is 432 g/mol. The summed E-state index contributed by atoms with van der Waals surface area (Å²) in [6, 6.07) is 5.69. The largest absolute Gasteiger partial charge is 0.493 e. The molecule has 142 valence electrons. The maximum atomic E-state index is 12.6. The van der Waals surface area contributed by atoms with E-state index in [1.165, 1.54) is 0 Å². The van der Waals surface area contributed by atoms with Crippen molar-refractivity contribution in [2.45, 2.75) is 20.3 Å². The Morgan fingerprint density at radius 2 is 1.89 bits per heavy atom. The van der Waals surface area contributed by atoms with E-state index in [2.05, 4.69) is 31.3 Å². The van der Waals surface area contributed by atoms with Crippen molar-refractivity contribution in [1.29, 1.82) is 0 Å². The van der Waals surface area contributed by atoms with Crippen molar-refractivity contribution in [3.8, 4) is 11.5 Å². The highest BCUT2D eigenvalue weighted by Crippen LogP contribution is 2.33. The van der Waals surface area contributed by atoms with E-state index in [4.69, 9.17) is 9.47 Å². The highest BCUT2D eigenvalue weighted by atomic mass is 79.9. The third-order valence-corrected chi connectivity index (χ3v) is 4.99. The number of aromatic nitrogens is 3. The maximum absolute atomic E-state index is 12.6. The first kappa shape index (κ1) is 19.2. The normalized spacial score (nSPS) is 10.9. The van der Waals surface area contributed by atoms with E-state index in [0.717, 1.165) is 21.4 Å². The standard InChI is InChI=1S/C19H21BrN4O3/c1-11-7-12(2)24-18(23-11)14(10-22-24)19(25)21-6-5-13-8-16(26-3)17(27-4)9-15(13)20/h7-10H,5-6H2,1-4H3,(H,21,25). The lowest BCUT2D eigenvalue weighted by Gasteiger charge is -2.12. The highest BCUT2D eigenvalue weighted by molar-refractivity contribution is 9.10. The fraction of sp³-hybridized carbons (Fsp3) is 0.316. The fourth-order valence-corrected chi connectivity index (χ4v) is 3.45. The number of methoxy groups -OCH3 is 2. The van der Waals surface area contributed by atoms with Gasteiger partial charge in [0, 0.05) is 22.4 Å². The van der Waals surface area contributed by atoms with Gasteiger partial charge in [-0.3, -0.25) is 4.79 Å². The molecule has 1 aromatic carbocycles. The van der Waals surface area contributed by atoms with Crippen LogP contribution in [0.2, 0.25) is 0 Å². The van der Waals surface area contributed by atoms with E-state index in [1.54, 1.807) is 24.9 Å². The van der Waals surface area contributed by atoms with Crippen LogP contribution in [-0.2, 0) is 6.42 Å².